The second kappa shape index (κ2) is 3.54. The minimum atomic E-state index is 0.135. The molecular formula is C11H16N2OS. The smallest absolute Gasteiger partial charge is 0.113 e. The quantitative estimate of drug-likeness (QED) is 0.848. The third-order valence-corrected chi connectivity index (χ3v) is 4.36. The Bertz CT molecular complexity index is 328. The van der Waals surface area contributed by atoms with E-state index in [2.05, 4.69) is 15.7 Å². The molecule has 82 valence electrons. The van der Waals surface area contributed by atoms with E-state index in [0.717, 1.165) is 18.9 Å². The minimum Gasteiger partial charge on any atom is -0.381 e. The summed E-state index contributed by atoms with van der Waals surface area (Å²) in [4.78, 5) is 4.46. The highest BCUT2D eigenvalue weighted by Gasteiger charge is 2.49. The van der Waals surface area contributed by atoms with Gasteiger partial charge in [0.05, 0.1) is 11.6 Å². The second-order valence-corrected chi connectivity index (χ2v) is 5.50. The Morgan fingerprint density at radius 1 is 1.53 bits per heavy atom. The van der Waals surface area contributed by atoms with Gasteiger partial charge in [-0.3, -0.25) is 0 Å². The first-order valence-electron chi connectivity index (χ1n) is 5.53. The van der Waals surface area contributed by atoms with Crippen LogP contribution in [0.5, 0.6) is 0 Å². The number of methoxy groups -OCH3 is 1. The summed E-state index contributed by atoms with van der Waals surface area (Å²) in [7, 11) is 1.80. The Labute approximate surface area is 93.9 Å². The molecule has 4 heteroatoms. The number of rotatable bonds is 4. The number of nitrogens with one attached hydrogen (secondary N) is 1. The third-order valence-electron chi connectivity index (χ3n) is 3.39. The Kier molecular flexibility index (Phi) is 2.30. The molecule has 2 aliphatic carbocycles. The van der Waals surface area contributed by atoms with Crippen LogP contribution >= 0.6 is 11.3 Å². The van der Waals surface area contributed by atoms with E-state index in [1.54, 1.807) is 18.4 Å². The van der Waals surface area contributed by atoms with Crippen LogP contribution in [0.3, 0.4) is 0 Å². The summed E-state index contributed by atoms with van der Waals surface area (Å²) in [6.45, 7) is 0. The maximum atomic E-state index is 5.38. The number of ether oxygens (including phenoxy) is 1. The first-order chi connectivity index (χ1) is 7.32. The summed E-state index contributed by atoms with van der Waals surface area (Å²) in [5.74, 6) is 0. The topological polar surface area (TPSA) is 34.1 Å². The highest BCUT2D eigenvalue weighted by Crippen LogP contribution is 2.45. The number of hydrogen-bond acceptors (Lipinski definition) is 4. The standard InChI is InChI=1S/C11H16N2OS/c1-14-9-6-11(7-9,13-8-2-3-8)10-12-4-5-15-10/h4-5,8-9,13H,2-3,6-7H2,1H3. The maximum absolute atomic E-state index is 5.38. The zero-order valence-corrected chi connectivity index (χ0v) is 9.72. The van der Waals surface area contributed by atoms with Gasteiger partial charge < -0.3 is 10.1 Å². The molecule has 15 heavy (non-hydrogen) atoms. The van der Waals surface area contributed by atoms with Crippen molar-refractivity contribution in [3.8, 4) is 0 Å². The average molecular weight is 224 g/mol. The van der Waals surface area contributed by atoms with E-state index in [-0.39, 0.29) is 5.54 Å². The van der Waals surface area contributed by atoms with E-state index < -0.39 is 0 Å². The van der Waals surface area contributed by atoms with Crippen LogP contribution < -0.4 is 5.32 Å². The highest BCUT2D eigenvalue weighted by molar-refractivity contribution is 7.09. The molecule has 0 aliphatic heterocycles. The molecule has 1 aromatic heterocycles. The van der Waals surface area contributed by atoms with Gasteiger partial charge in [-0.05, 0) is 25.7 Å². The summed E-state index contributed by atoms with van der Waals surface area (Å²) < 4.78 is 5.38. The second-order valence-electron chi connectivity index (χ2n) is 4.60. The average Bonchev–Trinajstić information content (AvgIpc) is 2.81. The van der Waals surface area contributed by atoms with Crippen molar-refractivity contribution in [1.29, 1.82) is 0 Å². The van der Waals surface area contributed by atoms with E-state index >= 15 is 0 Å². The van der Waals surface area contributed by atoms with Crippen LogP contribution in [0.15, 0.2) is 11.6 Å². The summed E-state index contributed by atoms with van der Waals surface area (Å²) >= 11 is 1.76. The normalized spacial score (nSPS) is 35.1. The van der Waals surface area contributed by atoms with Crippen molar-refractivity contribution < 1.29 is 4.74 Å². The predicted octanol–water partition coefficient (Wildman–Crippen LogP) is 1.90. The monoisotopic (exact) mass is 224 g/mol. The van der Waals surface area contributed by atoms with Crippen LogP contribution in [0, 0.1) is 0 Å². The number of thiazole rings is 1. The molecule has 0 amide bonds. The van der Waals surface area contributed by atoms with Crippen LogP contribution in [-0.2, 0) is 10.3 Å². The number of nitrogens with zero attached hydrogens (tertiary/aromatic N) is 1. The Balaban J connectivity index is 1.76. The molecule has 1 N–H and O–H groups in total. The van der Waals surface area contributed by atoms with Crippen molar-refractivity contribution in [2.75, 3.05) is 7.11 Å². The zero-order valence-electron chi connectivity index (χ0n) is 8.90. The van der Waals surface area contributed by atoms with Crippen LogP contribution in [0.2, 0.25) is 0 Å². The van der Waals surface area contributed by atoms with Gasteiger partial charge >= 0.3 is 0 Å². The first kappa shape index (κ1) is 9.75. The van der Waals surface area contributed by atoms with Gasteiger partial charge in [0.25, 0.3) is 0 Å². The Hall–Kier alpha value is -0.450. The molecule has 2 saturated carbocycles. The van der Waals surface area contributed by atoms with Crippen LogP contribution in [0.4, 0.5) is 0 Å². The largest absolute Gasteiger partial charge is 0.381 e. The first-order valence-corrected chi connectivity index (χ1v) is 6.41. The van der Waals surface area contributed by atoms with Crippen molar-refractivity contribution in [3.05, 3.63) is 16.6 Å². The molecule has 1 aromatic rings. The molecule has 0 saturated heterocycles. The fraction of sp³-hybridized carbons (Fsp3) is 0.727. The van der Waals surface area contributed by atoms with E-state index in [9.17, 15) is 0 Å². The molecule has 0 radical (unpaired) electrons. The van der Waals surface area contributed by atoms with Gasteiger partial charge in [-0.1, -0.05) is 0 Å². The van der Waals surface area contributed by atoms with Gasteiger partial charge in [0, 0.05) is 24.7 Å². The van der Waals surface area contributed by atoms with E-state index in [1.807, 2.05) is 6.20 Å². The molecule has 3 rings (SSSR count). The lowest BCUT2D eigenvalue weighted by molar-refractivity contribution is -0.0340. The molecule has 2 fully saturated rings. The third kappa shape index (κ3) is 1.71. The van der Waals surface area contributed by atoms with Crippen LogP contribution in [0.25, 0.3) is 0 Å². The molecule has 0 atom stereocenters. The van der Waals surface area contributed by atoms with Gasteiger partial charge in [-0.2, -0.15) is 0 Å². The van der Waals surface area contributed by atoms with Gasteiger partial charge in [0.15, 0.2) is 0 Å². The van der Waals surface area contributed by atoms with Crippen molar-refractivity contribution in [1.82, 2.24) is 10.3 Å². The lowest BCUT2D eigenvalue weighted by Gasteiger charge is -2.46. The number of aromatic nitrogens is 1. The Morgan fingerprint density at radius 2 is 2.33 bits per heavy atom. The molecule has 1 heterocycles. The molecular weight excluding hydrogens is 208 g/mol. The van der Waals surface area contributed by atoms with E-state index in [0.29, 0.717) is 6.10 Å². The SMILES string of the molecule is COC1CC(NC2CC2)(c2nccs2)C1. The fourth-order valence-corrected chi connectivity index (χ4v) is 3.14. The Morgan fingerprint density at radius 3 is 2.87 bits per heavy atom. The van der Waals surface area contributed by atoms with E-state index in [1.165, 1.54) is 17.8 Å². The highest BCUT2D eigenvalue weighted by atomic mass is 32.1. The van der Waals surface area contributed by atoms with Crippen molar-refractivity contribution in [2.45, 2.75) is 43.4 Å². The van der Waals surface area contributed by atoms with Gasteiger partial charge in [0.1, 0.15) is 5.01 Å². The van der Waals surface area contributed by atoms with E-state index in [4.69, 9.17) is 4.74 Å². The molecule has 0 spiro atoms. The lowest BCUT2D eigenvalue weighted by Crippen LogP contribution is -2.56. The van der Waals surface area contributed by atoms with Gasteiger partial charge in [-0.25, -0.2) is 4.98 Å². The summed E-state index contributed by atoms with van der Waals surface area (Å²) in [6.07, 6.45) is 7.12. The van der Waals surface area contributed by atoms with Crippen LogP contribution in [0.1, 0.15) is 30.7 Å². The molecule has 0 unspecified atom stereocenters. The lowest BCUT2D eigenvalue weighted by atomic mass is 9.74. The predicted molar refractivity (Wildman–Crippen MR) is 60.0 cm³/mol. The maximum Gasteiger partial charge on any atom is 0.113 e. The minimum absolute atomic E-state index is 0.135. The molecule has 0 aromatic carbocycles. The zero-order chi connectivity index (χ0) is 10.3. The summed E-state index contributed by atoms with van der Waals surface area (Å²) in [6, 6.07) is 0.728. The summed E-state index contributed by atoms with van der Waals surface area (Å²) in [5.41, 5.74) is 0.135. The summed E-state index contributed by atoms with van der Waals surface area (Å²) in [5, 5.41) is 7.04. The molecule has 3 nitrogen and oxygen atoms in total. The van der Waals surface area contributed by atoms with Crippen LogP contribution in [-0.4, -0.2) is 24.2 Å². The van der Waals surface area contributed by atoms with Crippen molar-refractivity contribution >= 4 is 11.3 Å². The molecule has 0 bridgehead atoms. The molecule has 2 aliphatic rings. The van der Waals surface area contributed by atoms with Gasteiger partial charge in [-0.15, -0.1) is 11.3 Å². The van der Waals surface area contributed by atoms with Gasteiger partial charge in [0.2, 0.25) is 0 Å². The fourth-order valence-electron chi connectivity index (χ4n) is 2.32. The van der Waals surface area contributed by atoms with Crippen molar-refractivity contribution in [3.63, 3.8) is 0 Å². The number of hydrogen-bond donors (Lipinski definition) is 1. The van der Waals surface area contributed by atoms with Crippen molar-refractivity contribution in [2.24, 2.45) is 0 Å².